The van der Waals surface area contributed by atoms with E-state index < -0.39 is 22.3 Å². The van der Waals surface area contributed by atoms with Crippen LogP contribution in [0.15, 0.2) is 35.1 Å². The number of halogens is 2. The van der Waals surface area contributed by atoms with Crippen LogP contribution in [0, 0.1) is 0 Å². The predicted molar refractivity (Wildman–Crippen MR) is 114 cm³/mol. The van der Waals surface area contributed by atoms with E-state index in [1.54, 1.807) is 18.3 Å². The molecule has 0 spiro atoms. The van der Waals surface area contributed by atoms with E-state index in [2.05, 4.69) is 25.1 Å². The molecule has 0 radical (unpaired) electrons. The summed E-state index contributed by atoms with van der Waals surface area (Å²) in [4.78, 5) is 10.8. The molecule has 176 valence electrons. The van der Waals surface area contributed by atoms with Crippen molar-refractivity contribution in [3.05, 3.63) is 41.6 Å². The predicted octanol–water partition coefficient (Wildman–Crippen LogP) is 2.34. The Morgan fingerprint density at radius 2 is 2.03 bits per heavy atom. The highest BCUT2D eigenvalue weighted by atomic mass is 32.2. The van der Waals surface area contributed by atoms with E-state index in [-0.39, 0.29) is 30.4 Å². The van der Waals surface area contributed by atoms with Gasteiger partial charge in [-0.1, -0.05) is 0 Å². The molecule has 2 atom stereocenters. The average molecular weight is 499 g/mol. The number of alkyl halides is 2. The molecule has 0 N–H and O–H groups in total. The number of fused-ring (bicyclic) bond motifs is 2. The molecule has 6 heterocycles. The number of sulfonamides is 1. The van der Waals surface area contributed by atoms with E-state index in [4.69, 9.17) is 9.15 Å². The van der Waals surface area contributed by atoms with E-state index in [0.717, 1.165) is 30.8 Å². The number of rotatable bonds is 9. The van der Waals surface area contributed by atoms with Crippen LogP contribution in [0.1, 0.15) is 23.7 Å². The lowest BCUT2D eigenvalue weighted by atomic mass is 9.99. The van der Waals surface area contributed by atoms with Gasteiger partial charge in [-0.15, -0.1) is 21.5 Å². The van der Waals surface area contributed by atoms with Crippen LogP contribution < -0.4 is 4.31 Å². The topological polar surface area (TPSA) is 115 Å². The van der Waals surface area contributed by atoms with Crippen LogP contribution in [0.4, 0.5) is 14.5 Å². The number of hydrogen-bond acceptors (Lipinski definition) is 10. The summed E-state index contributed by atoms with van der Waals surface area (Å²) in [6.45, 7) is 1.83. The Morgan fingerprint density at radius 3 is 2.70 bits per heavy atom. The number of piperidine rings is 1. The van der Waals surface area contributed by atoms with E-state index >= 15 is 0 Å². The molecule has 0 aromatic carbocycles. The van der Waals surface area contributed by atoms with Crippen molar-refractivity contribution in [2.75, 3.05) is 29.7 Å². The third-order valence-electron chi connectivity index (χ3n) is 5.44. The van der Waals surface area contributed by atoms with Crippen molar-refractivity contribution in [2.45, 2.75) is 31.6 Å². The number of aromatic nitrogens is 4. The first-order valence-corrected chi connectivity index (χ1v) is 12.6. The van der Waals surface area contributed by atoms with Crippen LogP contribution >= 0.6 is 11.3 Å². The van der Waals surface area contributed by atoms with Crippen LogP contribution in [-0.2, 0) is 21.3 Å². The second-order valence-corrected chi connectivity index (χ2v) is 10.9. The summed E-state index contributed by atoms with van der Waals surface area (Å²) in [5.41, 5.74) is 0.414. The summed E-state index contributed by atoms with van der Waals surface area (Å²) < 4.78 is 63.9. The van der Waals surface area contributed by atoms with Gasteiger partial charge in [-0.2, -0.15) is 8.78 Å². The van der Waals surface area contributed by atoms with Crippen molar-refractivity contribution in [2.24, 2.45) is 0 Å². The molecule has 3 fully saturated rings. The van der Waals surface area contributed by atoms with E-state index in [0.29, 0.717) is 22.1 Å². The number of ether oxygens (including phenoxy) is 1. The van der Waals surface area contributed by atoms with Gasteiger partial charge in [-0.25, -0.2) is 13.4 Å². The van der Waals surface area contributed by atoms with Crippen molar-refractivity contribution in [1.82, 2.24) is 25.1 Å². The minimum Gasteiger partial charge on any atom is -0.414 e. The highest BCUT2D eigenvalue weighted by molar-refractivity contribution is 7.92. The zero-order chi connectivity index (χ0) is 23.0. The Morgan fingerprint density at radius 1 is 1.24 bits per heavy atom. The SMILES string of the molecule is O=S(=O)(CCN1CC2CC(C1)O2)N(Cc1ncc(-c2nnc(C(F)F)o2)s1)c1cccnc1. The summed E-state index contributed by atoms with van der Waals surface area (Å²) >= 11 is 1.10. The van der Waals surface area contributed by atoms with E-state index in [9.17, 15) is 17.2 Å². The fourth-order valence-electron chi connectivity index (χ4n) is 3.86. The largest absolute Gasteiger partial charge is 0.414 e. The summed E-state index contributed by atoms with van der Waals surface area (Å²) in [5.74, 6) is -0.933. The fourth-order valence-corrected chi connectivity index (χ4v) is 6.22. The quantitative estimate of drug-likeness (QED) is 0.438. The number of hydrogen-bond donors (Lipinski definition) is 0. The average Bonchev–Trinajstić information content (AvgIpc) is 3.46. The third-order valence-corrected chi connectivity index (χ3v) is 8.12. The van der Waals surface area contributed by atoms with Crippen LogP contribution in [-0.4, -0.2) is 71.1 Å². The Labute approximate surface area is 192 Å². The first-order valence-electron chi connectivity index (χ1n) is 10.2. The molecule has 10 nitrogen and oxygen atoms in total. The van der Waals surface area contributed by atoms with Gasteiger partial charge < -0.3 is 9.15 Å². The summed E-state index contributed by atoms with van der Waals surface area (Å²) in [5, 5.41) is 7.37. The minimum atomic E-state index is -3.71. The third kappa shape index (κ3) is 4.88. The van der Waals surface area contributed by atoms with Gasteiger partial charge in [0.2, 0.25) is 10.0 Å². The molecule has 0 aliphatic carbocycles. The van der Waals surface area contributed by atoms with Gasteiger partial charge in [-0.3, -0.25) is 14.2 Å². The standard InChI is InChI=1S/C19H20F2N6O4S2/c20-17(21)19-25-24-18(31-19)15-8-23-16(32-15)11-27(12-2-1-3-22-7-12)33(28,29)5-4-26-9-13-6-14(10-26)30-13/h1-3,7-8,13-14,17H,4-6,9-11H2. The summed E-state index contributed by atoms with van der Waals surface area (Å²) in [7, 11) is -3.71. The maximum Gasteiger partial charge on any atom is 0.314 e. The number of morpholine rings is 1. The van der Waals surface area contributed by atoms with Crippen molar-refractivity contribution < 1.29 is 26.4 Å². The Kier molecular flexibility index (Phi) is 6.07. The molecule has 2 unspecified atom stereocenters. The maximum absolute atomic E-state index is 13.3. The van der Waals surface area contributed by atoms with Crippen LogP contribution in [0.5, 0.6) is 0 Å². The molecule has 3 aromatic rings. The highest BCUT2D eigenvalue weighted by Crippen LogP contribution is 2.30. The second kappa shape index (κ2) is 9.00. The Balaban J connectivity index is 1.33. The fraction of sp³-hybridized carbons (Fsp3) is 0.474. The van der Waals surface area contributed by atoms with E-state index in [1.807, 2.05) is 0 Å². The number of nitrogens with zero attached hydrogens (tertiary/aromatic N) is 6. The summed E-state index contributed by atoms with van der Waals surface area (Å²) in [6, 6.07) is 3.32. The van der Waals surface area contributed by atoms with Gasteiger partial charge in [0.25, 0.3) is 11.8 Å². The van der Waals surface area contributed by atoms with Gasteiger partial charge >= 0.3 is 6.43 Å². The maximum atomic E-state index is 13.3. The van der Waals surface area contributed by atoms with Crippen molar-refractivity contribution >= 4 is 27.0 Å². The number of thiazole rings is 1. The molecule has 3 saturated heterocycles. The van der Waals surface area contributed by atoms with Gasteiger partial charge in [0, 0.05) is 32.3 Å². The molecular weight excluding hydrogens is 478 g/mol. The van der Waals surface area contributed by atoms with Crippen LogP contribution in [0.2, 0.25) is 0 Å². The van der Waals surface area contributed by atoms with Crippen LogP contribution in [0.3, 0.4) is 0 Å². The first-order chi connectivity index (χ1) is 15.9. The van der Waals surface area contributed by atoms with Crippen LogP contribution in [0.25, 0.3) is 10.8 Å². The zero-order valence-corrected chi connectivity index (χ0v) is 18.9. The Bertz CT molecular complexity index is 1190. The lowest BCUT2D eigenvalue weighted by molar-refractivity contribution is -0.179. The molecular formula is C19H20F2N6O4S2. The zero-order valence-electron chi connectivity index (χ0n) is 17.3. The molecule has 6 rings (SSSR count). The molecule has 0 amide bonds. The van der Waals surface area contributed by atoms with Crippen molar-refractivity contribution in [3.63, 3.8) is 0 Å². The second-order valence-electron chi connectivity index (χ2n) is 7.77. The molecule has 33 heavy (non-hydrogen) atoms. The molecule has 14 heteroatoms. The smallest absolute Gasteiger partial charge is 0.314 e. The number of anilines is 1. The first kappa shape index (κ1) is 22.3. The van der Waals surface area contributed by atoms with Gasteiger partial charge in [-0.05, 0) is 12.1 Å². The van der Waals surface area contributed by atoms with Gasteiger partial charge in [0.05, 0.1) is 42.6 Å². The molecule has 3 aliphatic rings. The highest BCUT2D eigenvalue weighted by Gasteiger charge is 2.38. The van der Waals surface area contributed by atoms with Crippen molar-refractivity contribution in [1.29, 1.82) is 0 Å². The van der Waals surface area contributed by atoms with E-state index in [1.165, 1.54) is 16.7 Å². The Hall–Kier alpha value is -2.55. The normalized spacial score (nSPS) is 20.7. The lowest BCUT2D eigenvalue weighted by Gasteiger charge is -2.47. The molecule has 3 aliphatic heterocycles. The monoisotopic (exact) mass is 498 g/mol. The molecule has 2 bridgehead atoms. The minimum absolute atomic E-state index is 0.0388. The van der Waals surface area contributed by atoms with Gasteiger partial charge in [0.15, 0.2) is 0 Å². The number of pyridine rings is 1. The van der Waals surface area contributed by atoms with Gasteiger partial charge in [0.1, 0.15) is 9.88 Å². The van der Waals surface area contributed by atoms with Crippen molar-refractivity contribution in [3.8, 4) is 10.8 Å². The molecule has 0 saturated carbocycles. The molecule has 3 aromatic heterocycles. The lowest BCUT2D eigenvalue weighted by Crippen LogP contribution is -2.58. The summed E-state index contributed by atoms with van der Waals surface area (Å²) in [6.07, 6.45) is 3.00.